The Morgan fingerprint density at radius 1 is 0.931 bits per heavy atom. The lowest BCUT2D eigenvalue weighted by Crippen LogP contribution is -2.19. The number of nitrogens with one attached hydrogen (secondary N) is 3. The predicted molar refractivity (Wildman–Crippen MR) is 122 cm³/mol. The average molecular weight is 397 g/mol. The van der Waals surface area contributed by atoms with E-state index in [1.54, 1.807) is 11.3 Å². The summed E-state index contributed by atoms with van der Waals surface area (Å²) in [7, 11) is 0. The van der Waals surface area contributed by atoms with Gasteiger partial charge in [0.15, 0.2) is 0 Å². The van der Waals surface area contributed by atoms with Crippen LogP contribution in [0.15, 0.2) is 66.1 Å². The molecule has 5 aromatic rings. The zero-order chi connectivity index (χ0) is 19.2. The molecule has 0 bridgehead atoms. The van der Waals surface area contributed by atoms with Crippen molar-refractivity contribution in [3.05, 3.63) is 71.6 Å². The van der Waals surface area contributed by atoms with Crippen LogP contribution in [0, 0.1) is 0 Å². The highest BCUT2D eigenvalue weighted by atomic mass is 32.1. The summed E-state index contributed by atoms with van der Waals surface area (Å²) in [6.07, 6.45) is 3.36. The molecule has 29 heavy (non-hydrogen) atoms. The van der Waals surface area contributed by atoms with E-state index < -0.39 is 0 Å². The Balaban J connectivity index is 1.50. The number of aromatic amines is 2. The van der Waals surface area contributed by atoms with Gasteiger partial charge in [0.25, 0.3) is 0 Å². The quantitative estimate of drug-likeness (QED) is 0.360. The van der Waals surface area contributed by atoms with Crippen LogP contribution in [-0.2, 0) is 0 Å². The first-order valence-corrected chi connectivity index (χ1v) is 10.8. The molecular formula is C24H20N4S. The number of thiophene rings is 1. The van der Waals surface area contributed by atoms with Crippen molar-refractivity contribution in [2.45, 2.75) is 6.42 Å². The summed E-state index contributed by atoms with van der Waals surface area (Å²) >= 11 is 1.77. The molecule has 142 valence electrons. The Morgan fingerprint density at radius 2 is 1.93 bits per heavy atom. The molecule has 5 heteroatoms. The summed E-state index contributed by atoms with van der Waals surface area (Å²) in [4.78, 5) is 4.87. The third-order valence-corrected chi connectivity index (χ3v) is 6.61. The molecule has 0 spiro atoms. The van der Waals surface area contributed by atoms with E-state index in [9.17, 15) is 0 Å². The second kappa shape index (κ2) is 6.72. The standard InChI is InChI=1S/C24H20N4S/c1-3-17(23-5-2-12-29-23)18-14-22(26-20(18)4-1)24-19-13-16(6-7-21(19)27-28-24)15-8-10-25-11-9-15/h1-8,12-14,25-26H,9-11H2,(H,27,28). The molecule has 2 aromatic carbocycles. The van der Waals surface area contributed by atoms with Crippen molar-refractivity contribution in [1.29, 1.82) is 0 Å². The summed E-state index contributed by atoms with van der Waals surface area (Å²) in [6.45, 7) is 1.98. The SMILES string of the molecule is C1=C(c2ccc3[nH]nc(-c4cc5c(-c6cccs6)cccc5[nH]4)c3c2)CCNC1. The number of aromatic nitrogens is 3. The molecule has 0 unspecified atom stereocenters. The lowest BCUT2D eigenvalue weighted by atomic mass is 9.98. The van der Waals surface area contributed by atoms with E-state index >= 15 is 0 Å². The molecule has 0 amide bonds. The van der Waals surface area contributed by atoms with Gasteiger partial charge in [-0.3, -0.25) is 5.10 Å². The summed E-state index contributed by atoms with van der Waals surface area (Å²) in [6, 6.07) is 19.6. The lowest BCUT2D eigenvalue weighted by Gasteiger charge is -2.14. The van der Waals surface area contributed by atoms with Crippen LogP contribution in [0.2, 0.25) is 0 Å². The number of nitrogens with zero attached hydrogens (tertiary/aromatic N) is 1. The fraction of sp³-hybridized carbons (Fsp3) is 0.125. The van der Waals surface area contributed by atoms with Crippen molar-refractivity contribution in [2.24, 2.45) is 0 Å². The molecule has 4 nitrogen and oxygen atoms in total. The van der Waals surface area contributed by atoms with Crippen molar-refractivity contribution in [3.8, 4) is 21.8 Å². The number of fused-ring (bicyclic) bond motifs is 2. The maximum atomic E-state index is 4.65. The minimum absolute atomic E-state index is 0.944. The van der Waals surface area contributed by atoms with Crippen LogP contribution in [0.3, 0.4) is 0 Å². The fourth-order valence-electron chi connectivity index (χ4n) is 4.23. The monoisotopic (exact) mass is 396 g/mol. The van der Waals surface area contributed by atoms with Gasteiger partial charge in [-0.05, 0) is 59.8 Å². The molecule has 4 heterocycles. The number of rotatable bonds is 3. The zero-order valence-corrected chi connectivity index (χ0v) is 16.6. The van der Waals surface area contributed by atoms with E-state index in [2.05, 4.69) is 86.6 Å². The minimum Gasteiger partial charge on any atom is -0.353 e. The van der Waals surface area contributed by atoms with Gasteiger partial charge in [-0.2, -0.15) is 5.10 Å². The second-order valence-electron chi connectivity index (χ2n) is 7.44. The summed E-state index contributed by atoms with van der Waals surface area (Å²) in [5.41, 5.74) is 8.19. The van der Waals surface area contributed by atoms with Crippen molar-refractivity contribution < 1.29 is 0 Å². The number of H-pyrrole nitrogens is 2. The second-order valence-corrected chi connectivity index (χ2v) is 8.39. The van der Waals surface area contributed by atoms with Gasteiger partial charge in [-0.15, -0.1) is 11.3 Å². The van der Waals surface area contributed by atoms with Gasteiger partial charge < -0.3 is 10.3 Å². The van der Waals surface area contributed by atoms with Crippen molar-refractivity contribution >= 4 is 38.7 Å². The molecule has 1 aliphatic rings. The first kappa shape index (κ1) is 16.8. The first-order chi connectivity index (χ1) is 14.4. The van der Waals surface area contributed by atoms with E-state index in [1.807, 2.05) is 0 Å². The Kier molecular flexibility index (Phi) is 3.89. The Labute approximate surface area is 172 Å². The third-order valence-electron chi connectivity index (χ3n) is 5.70. The zero-order valence-electron chi connectivity index (χ0n) is 15.8. The van der Waals surface area contributed by atoms with Crippen molar-refractivity contribution in [3.63, 3.8) is 0 Å². The molecule has 0 aliphatic carbocycles. The molecule has 1 aliphatic heterocycles. The Hall–Kier alpha value is -3.15. The highest BCUT2D eigenvalue weighted by molar-refractivity contribution is 7.13. The molecule has 0 atom stereocenters. The highest BCUT2D eigenvalue weighted by Gasteiger charge is 2.15. The van der Waals surface area contributed by atoms with Gasteiger partial charge in [0.1, 0.15) is 5.69 Å². The van der Waals surface area contributed by atoms with Gasteiger partial charge in [0.2, 0.25) is 0 Å². The number of hydrogen-bond donors (Lipinski definition) is 3. The Morgan fingerprint density at radius 3 is 2.79 bits per heavy atom. The van der Waals surface area contributed by atoms with E-state index in [1.165, 1.54) is 27.0 Å². The normalized spacial score (nSPS) is 14.6. The Bertz CT molecular complexity index is 1350. The molecule has 0 radical (unpaired) electrons. The molecular weight excluding hydrogens is 376 g/mol. The van der Waals surface area contributed by atoms with Crippen molar-refractivity contribution in [2.75, 3.05) is 13.1 Å². The molecule has 3 N–H and O–H groups in total. The molecule has 0 fully saturated rings. The topological polar surface area (TPSA) is 56.5 Å². The largest absolute Gasteiger partial charge is 0.353 e. The molecule has 3 aromatic heterocycles. The number of hydrogen-bond acceptors (Lipinski definition) is 3. The van der Waals surface area contributed by atoms with Crippen LogP contribution in [0.5, 0.6) is 0 Å². The first-order valence-electron chi connectivity index (χ1n) is 9.91. The van der Waals surface area contributed by atoms with Crippen LogP contribution in [0.25, 0.3) is 49.2 Å². The molecule has 0 saturated heterocycles. The summed E-state index contributed by atoms with van der Waals surface area (Å²) < 4.78 is 0. The van der Waals surface area contributed by atoms with E-state index in [0.29, 0.717) is 0 Å². The summed E-state index contributed by atoms with van der Waals surface area (Å²) in [5, 5.41) is 15.8. The van der Waals surface area contributed by atoms with Crippen LogP contribution >= 0.6 is 11.3 Å². The van der Waals surface area contributed by atoms with Gasteiger partial charge in [-0.1, -0.05) is 30.3 Å². The van der Waals surface area contributed by atoms with Crippen LogP contribution in [0.1, 0.15) is 12.0 Å². The fourth-order valence-corrected chi connectivity index (χ4v) is 5.00. The van der Waals surface area contributed by atoms with Crippen molar-refractivity contribution in [1.82, 2.24) is 20.5 Å². The average Bonchev–Trinajstić information content (AvgIpc) is 3.52. The van der Waals surface area contributed by atoms with Crippen LogP contribution < -0.4 is 5.32 Å². The van der Waals surface area contributed by atoms with E-state index in [-0.39, 0.29) is 0 Å². The van der Waals surface area contributed by atoms with Crippen LogP contribution in [0.4, 0.5) is 0 Å². The summed E-state index contributed by atoms with van der Waals surface area (Å²) in [5.74, 6) is 0. The van der Waals surface area contributed by atoms with Gasteiger partial charge in [-0.25, -0.2) is 0 Å². The highest BCUT2D eigenvalue weighted by Crippen LogP contribution is 2.36. The van der Waals surface area contributed by atoms with Crippen LogP contribution in [-0.4, -0.2) is 28.3 Å². The number of benzene rings is 2. The van der Waals surface area contributed by atoms with E-state index in [0.717, 1.165) is 47.3 Å². The minimum atomic E-state index is 0.944. The predicted octanol–water partition coefficient (Wildman–Crippen LogP) is 5.82. The van der Waals surface area contributed by atoms with E-state index in [4.69, 9.17) is 0 Å². The maximum absolute atomic E-state index is 4.65. The third kappa shape index (κ3) is 2.82. The van der Waals surface area contributed by atoms with Gasteiger partial charge >= 0.3 is 0 Å². The maximum Gasteiger partial charge on any atom is 0.116 e. The smallest absolute Gasteiger partial charge is 0.116 e. The molecule has 0 saturated carbocycles. The molecule has 6 rings (SSSR count). The van der Waals surface area contributed by atoms with Gasteiger partial charge in [0, 0.05) is 33.3 Å². The van der Waals surface area contributed by atoms with Gasteiger partial charge in [0.05, 0.1) is 11.2 Å². The lowest BCUT2D eigenvalue weighted by molar-refractivity contribution is 0.739.